The van der Waals surface area contributed by atoms with E-state index in [9.17, 15) is 0 Å². The van der Waals surface area contributed by atoms with Gasteiger partial charge in [-0.05, 0) is 44.1 Å². The molecule has 1 aliphatic rings. The highest BCUT2D eigenvalue weighted by Gasteiger charge is 2.13. The van der Waals surface area contributed by atoms with E-state index in [-0.39, 0.29) is 0 Å². The number of nitrogens with one attached hydrogen (secondary N) is 1. The predicted octanol–water partition coefficient (Wildman–Crippen LogP) is 4.41. The van der Waals surface area contributed by atoms with Gasteiger partial charge in [-0.3, -0.25) is 0 Å². The van der Waals surface area contributed by atoms with E-state index in [2.05, 4.69) is 40.5 Å². The topological polar surface area (TPSA) is 28.7 Å². The Kier molecular flexibility index (Phi) is 3.71. The van der Waals surface area contributed by atoms with Crippen LogP contribution in [0.3, 0.4) is 0 Å². The van der Waals surface area contributed by atoms with Crippen molar-refractivity contribution in [1.82, 2.24) is 9.97 Å². The Morgan fingerprint density at radius 1 is 1.16 bits per heavy atom. The number of hydrogen-bond donors (Lipinski definition) is 1. The number of hydrogen-bond acceptors (Lipinski definition) is 3. The fraction of sp³-hybridized carbons (Fsp3) is 0.333. The molecule has 0 saturated carbocycles. The summed E-state index contributed by atoms with van der Waals surface area (Å²) in [5, 5.41) is 0. The molecular formula is C15H16N2S2. The van der Waals surface area contributed by atoms with Gasteiger partial charge in [0.1, 0.15) is 10.5 Å². The van der Waals surface area contributed by atoms with Crippen LogP contribution in [0.25, 0.3) is 11.4 Å². The van der Waals surface area contributed by atoms with Crippen molar-refractivity contribution in [3.8, 4) is 11.4 Å². The van der Waals surface area contributed by atoms with E-state index in [1.165, 1.54) is 29.0 Å². The van der Waals surface area contributed by atoms with Crippen molar-refractivity contribution in [3.63, 3.8) is 0 Å². The van der Waals surface area contributed by atoms with E-state index in [1.807, 2.05) is 0 Å². The Morgan fingerprint density at radius 2 is 1.89 bits per heavy atom. The fourth-order valence-electron chi connectivity index (χ4n) is 2.50. The predicted molar refractivity (Wildman–Crippen MR) is 83.3 cm³/mol. The van der Waals surface area contributed by atoms with Gasteiger partial charge >= 0.3 is 0 Å². The molecule has 4 heteroatoms. The van der Waals surface area contributed by atoms with Crippen LogP contribution in [0, 0.1) is 4.64 Å². The van der Waals surface area contributed by atoms with E-state index in [0.717, 1.165) is 28.9 Å². The zero-order valence-electron chi connectivity index (χ0n) is 10.9. The minimum Gasteiger partial charge on any atom is -0.343 e. The van der Waals surface area contributed by atoms with Crippen LogP contribution in [-0.4, -0.2) is 16.2 Å². The number of nitrogens with zero attached hydrogens (tertiary/aromatic N) is 1. The highest BCUT2D eigenvalue weighted by atomic mass is 32.2. The van der Waals surface area contributed by atoms with Crippen molar-refractivity contribution < 1.29 is 0 Å². The van der Waals surface area contributed by atoms with E-state index >= 15 is 0 Å². The van der Waals surface area contributed by atoms with Crippen molar-refractivity contribution in [2.75, 3.05) is 6.26 Å². The number of H-pyrrole nitrogens is 1. The van der Waals surface area contributed by atoms with E-state index < -0.39 is 0 Å². The van der Waals surface area contributed by atoms with Crippen LogP contribution in [0.4, 0.5) is 0 Å². The summed E-state index contributed by atoms with van der Waals surface area (Å²) in [7, 11) is 0. The van der Waals surface area contributed by atoms with Gasteiger partial charge in [0, 0.05) is 21.7 Å². The van der Waals surface area contributed by atoms with Crippen molar-refractivity contribution in [2.24, 2.45) is 0 Å². The summed E-state index contributed by atoms with van der Waals surface area (Å²) in [6.45, 7) is 0. The van der Waals surface area contributed by atoms with Gasteiger partial charge in [0.15, 0.2) is 0 Å². The molecule has 0 saturated heterocycles. The van der Waals surface area contributed by atoms with E-state index in [1.54, 1.807) is 11.8 Å². The first kappa shape index (κ1) is 12.9. The van der Waals surface area contributed by atoms with Gasteiger partial charge < -0.3 is 4.98 Å². The van der Waals surface area contributed by atoms with Crippen molar-refractivity contribution in [2.45, 2.75) is 30.6 Å². The zero-order valence-corrected chi connectivity index (χ0v) is 12.5. The Hall–Kier alpha value is -1.13. The fourth-order valence-corrected chi connectivity index (χ4v) is 3.23. The second-order valence-corrected chi connectivity index (χ2v) is 6.05. The van der Waals surface area contributed by atoms with Gasteiger partial charge in [0.25, 0.3) is 0 Å². The second kappa shape index (κ2) is 5.47. The summed E-state index contributed by atoms with van der Waals surface area (Å²) in [6.07, 6.45) is 6.72. The van der Waals surface area contributed by atoms with Crippen LogP contribution >= 0.6 is 24.0 Å². The van der Waals surface area contributed by atoms with Gasteiger partial charge in [-0.15, -0.1) is 11.8 Å². The molecule has 3 rings (SSSR count). The van der Waals surface area contributed by atoms with Crippen LogP contribution in [0.15, 0.2) is 29.2 Å². The molecule has 1 aromatic carbocycles. The Morgan fingerprint density at radius 3 is 2.63 bits per heavy atom. The molecule has 2 nitrogen and oxygen atoms in total. The molecular weight excluding hydrogens is 272 g/mol. The van der Waals surface area contributed by atoms with Crippen LogP contribution in [0.2, 0.25) is 0 Å². The molecule has 1 heterocycles. The summed E-state index contributed by atoms with van der Waals surface area (Å²) < 4.78 is 0.775. The van der Waals surface area contributed by atoms with E-state index in [0.29, 0.717) is 0 Å². The van der Waals surface area contributed by atoms with Crippen molar-refractivity contribution in [3.05, 3.63) is 40.2 Å². The summed E-state index contributed by atoms with van der Waals surface area (Å²) in [6, 6.07) is 8.46. The smallest absolute Gasteiger partial charge is 0.139 e. The molecule has 2 aromatic rings. The van der Waals surface area contributed by atoms with Gasteiger partial charge in [0.05, 0.1) is 0 Å². The zero-order chi connectivity index (χ0) is 13.2. The maximum absolute atomic E-state index is 5.44. The molecule has 0 unspecified atom stereocenters. The molecule has 0 atom stereocenters. The summed E-state index contributed by atoms with van der Waals surface area (Å²) in [5.41, 5.74) is 3.65. The lowest BCUT2D eigenvalue weighted by molar-refractivity contribution is 0.661. The molecule has 0 fully saturated rings. The highest BCUT2D eigenvalue weighted by molar-refractivity contribution is 7.98. The third kappa shape index (κ3) is 2.60. The molecule has 0 bridgehead atoms. The molecule has 0 amide bonds. The molecule has 1 N–H and O–H groups in total. The average Bonchev–Trinajstić information content (AvgIpc) is 2.47. The van der Waals surface area contributed by atoms with Crippen LogP contribution < -0.4 is 0 Å². The molecule has 1 aromatic heterocycles. The highest BCUT2D eigenvalue weighted by Crippen LogP contribution is 2.25. The molecule has 0 radical (unpaired) electrons. The molecule has 19 heavy (non-hydrogen) atoms. The molecule has 98 valence electrons. The number of rotatable bonds is 2. The first-order valence-corrected chi connectivity index (χ1v) is 8.18. The van der Waals surface area contributed by atoms with Gasteiger partial charge in [-0.1, -0.05) is 24.4 Å². The maximum atomic E-state index is 5.44. The Balaban J connectivity index is 2.05. The number of aromatic amines is 1. The molecule has 0 spiro atoms. The van der Waals surface area contributed by atoms with Crippen LogP contribution in [0.5, 0.6) is 0 Å². The monoisotopic (exact) mass is 288 g/mol. The third-order valence-electron chi connectivity index (χ3n) is 3.57. The number of benzene rings is 1. The lowest BCUT2D eigenvalue weighted by Crippen LogP contribution is -2.08. The standard InChI is InChI=1S/C15H16N2S2/c1-19-11-8-6-10(7-9-11)14-16-13-5-3-2-4-12(13)15(18)17-14/h6-9H,2-5H2,1H3,(H,16,17,18). The Labute approximate surface area is 122 Å². The SMILES string of the molecule is CSc1ccc(-c2nc(=S)c3c([nH]2)CCCC3)cc1. The maximum Gasteiger partial charge on any atom is 0.139 e. The number of thioether (sulfide) groups is 1. The lowest BCUT2D eigenvalue weighted by Gasteiger charge is -2.16. The largest absolute Gasteiger partial charge is 0.343 e. The van der Waals surface area contributed by atoms with Gasteiger partial charge in [-0.2, -0.15) is 0 Å². The first-order chi connectivity index (χ1) is 9.28. The van der Waals surface area contributed by atoms with E-state index in [4.69, 9.17) is 12.2 Å². The van der Waals surface area contributed by atoms with Gasteiger partial charge in [0.2, 0.25) is 0 Å². The summed E-state index contributed by atoms with van der Waals surface area (Å²) >= 11 is 7.19. The van der Waals surface area contributed by atoms with Gasteiger partial charge in [-0.25, -0.2) is 4.98 Å². The normalized spacial score (nSPS) is 14.2. The summed E-state index contributed by atoms with van der Waals surface area (Å²) in [4.78, 5) is 9.30. The summed E-state index contributed by atoms with van der Waals surface area (Å²) in [5.74, 6) is 0.901. The Bertz CT molecular complexity index is 644. The third-order valence-corrected chi connectivity index (χ3v) is 4.65. The van der Waals surface area contributed by atoms with Crippen LogP contribution in [-0.2, 0) is 12.8 Å². The molecule has 0 aliphatic heterocycles. The first-order valence-electron chi connectivity index (χ1n) is 6.54. The lowest BCUT2D eigenvalue weighted by atomic mass is 9.97. The van der Waals surface area contributed by atoms with Crippen molar-refractivity contribution in [1.29, 1.82) is 0 Å². The quantitative estimate of drug-likeness (QED) is 0.655. The number of aryl methyl sites for hydroxylation is 1. The van der Waals surface area contributed by atoms with Crippen molar-refractivity contribution >= 4 is 24.0 Å². The number of fused-ring (bicyclic) bond motifs is 1. The van der Waals surface area contributed by atoms with Crippen LogP contribution in [0.1, 0.15) is 24.1 Å². The number of aromatic nitrogens is 2. The average molecular weight is 288 g/mol. The minimum absolute atomic E-state index is 0.775. The minimum atomic E-state index is 0.775. The second-order valence-electron chi connectivity index (χ2n) is 4.78. The molecule has 1 aliphatic carbocycles.